The fourth-order valence-corrected chi connectivity index (χ4v) is 1.02. The van der Waals surface area contributed by atoms with E-state index in [0.717, 1.165) is 5.75 Å². The monoisotopic (exact) mass is 267 g/mol. The van der Waals surface area contributed by atoms with E-state index in [1.54, 1.807) is 11.8 Å². The first-order valence-corrected chi connectivity index (χ1v) is 5.93. The summed E-state index contributed by atoms with van der Waals surface area (Å²) in [6.45, 7) is -0.421. The number of hydrogen-bond donors (Lipinski definition) is 5. The Morgan fingerprint density at radius 3 is 2.12 bits per heavy atom. The van der Waals surface area contributed by atoms with Crippen molar-refractivity contribution in [3.63, 3.8) is 0 Å². The van der Waals surface area contributed by atoms with Crippen molar-refractivity contribution in [2.45, 2.75) is 12.5 Å². The van der Waals surface area contributed by atoms with Crippen LogP contribution in [0.1, 0.15) is 6.42 Å². The van der Waals surface area contributed by atoms with Crippen molar-refractivity contribution in [2.75, 3.05) is 18.6 Å². The van der Waals surface area contributed by atoms with Gasteiger partial charge in [-0.2, -0.15) is 11.8 Å². The average Bonchev–Trinajstić information content (AvgIpc) is 2.23. The molecule has 17 heavy (non-hydrogen) atoms. The van der Waals surface area contributed by atoms with Crippen LogP contribution in [-0.2, 0) is 9.59 Å². The van der Waals surface area contributed by atoms with Gasteiger partial charge in [-0.15, -0.1) is 0 Å². The molecule has 0 rings (SSSR count). The molecule has 0 aromatic carbocycles. The van der Waals surface area contributed by atoms with Crippen molar-refractivity contribution in [1.29, 1.82) is 0 Å². The number of urea groups is 1. The maximum Gasteiger partial charge on any atom is 0.323 e. The number of nitrogens with one attached hydrogen (secondary N) is 1. The zero-order valence-electron chi connectivity index (χ0n) is 9.38. The van der Waals surface area contributed by atoms with Crippen molar-refractivity contribution in [2.24, 2.45) is 11.5 Å². The molecule has 9 heteroatoms. The zero-order valence-corrected chi connectivity index (χ0v) is 10.2. The van der Waals surface area contributed by atoms with Crippen LogP contribution in [0, 0.1) is 0 Å². The molecule has 0 aliphatic heterocycles. The Morgan fingerprint density at radius 2 is 1.88 bits per heavy atom. The number of thioether (sulfide) groups is 1. The third-order valence-electron chi connectivity index (χ3n) is 1.36. The maximum absolute atomic E-state index is 10.1. The highest BCUT2D eigenvalue weighted by Gasteiger charge is 2.08. The number of hydrogen-bond acceptors (Lipinski definition) is 5. The third-order valence-corrected chi connectivity index (χ3v) is 2.01. The lowest BCUT2D eigenvalue weighted by Crippen LogP contribution is -2.33. The molecule has 100 valence electrons. The molecule has 1 unspecified atom stereocenters. The molecule has 2 amide bonds. The van der Waals surface area contributed by atoms with E-state index in [1.165, 1.54) is 0 Å². The number of nitrogens with two attached hydrogens (primary N) is 2. The van der Waals surface area contributed by atoms with Crippen LogP contribution < -0.4 is 16.8 Å². The molecular weight excluding hydrogens is 250 g/mol. The highest BCUT2D eigenvalue weighted by Crippen LogP contribution is 1.97. The SMILES string of the molecule is CSCCC(N)C(=O)O.NC(=O)NCC(=O)O. The molecule has 0 fully saturated rings. The summed E-state index contributed by atoms with van der Waals surface area (Å²) in [6.07, 6.45) is 2.48. The quantitative estimate of drug-likeness (QED) is 0.408. The van der Waals surface area contributed by atoms with E-state index in [-0.39, 0.29) is 0 Å². The molecular formula is C8H17N3O5S. The average molecular weight is 267 g/mol. The van der Waals surface area contributed by atoms with Crippen LogP contribution in [0.5, 0.6) is 0 Å². The van der Waals surface area contributed by atoms with E-state index < -0.39 is 30.6 Å². The normalized spacial score (nSPS) is 10.7. The molecule has 0 aromatic rings. The van der Waals surface area contributed by atoms with Crippen molar-refractivity contribution in [3.05, 3.63) is 0 Å². The summed E-state index contributed by atoms with van der Waals surface area (Å²) in [6, 6.07) is -1.51. The van der Waals surface area contributed by atoms with Crippen LogP contribution in [0.4, 0.5) is 4.79 Å². The van der Waals surface area contributed by atoms with Gasteiger partial charge in [-0.25, -0.2) is 4.79 Å². The molecule has 0 saturated carbocycles. The lowest BCUT2D eigenvalue weighted by atomic mass is 10.2. The van der Waals surface area contributed by atoms with Crippen molar-refractivity contribution < 1.29 is 24.6 Å². The van der Waals surface area contributed by atoms with Gasteiger partial charge in [0.25, 0.3) is 0 Å². The Bertz CT molecular complexity index is 248. The Labute approximate surface area is 103 Å². The lowest BCUT2D eigenvalue weighted by Gasteiger charge is -2.02. The number of amides is 2. The number of aliphatic carboxylic acids is 2. The molecule has 0 aliphatic rings. The van der Waals surface area contributed by atoms with Gasteiger partial charge in [0, 0.05) is 0 Å². The predicted octanol–water partition coefficient (Wildman–Crippen LogP) is -1.11. The number of carboxylic acid groups (broad SMARTS) is 2. The van der Waals surface area contributed by atoms with Crippen molar-refractivity contribution >= 4 is 29.7 Å². The number of rotatable bonds is 6. The van der Waals surface area contributed by atoms with Crippen LogP contribution in [-0.4, -0.2) is 52.8 Å². The summed E-state index contributed by atoms with van der Waals surface area (Å²) in [4.78, 5) is 29.5. The molecule has 0 aliphatic carbocycles. The molecule has 1 atom stereocenters. The Balaban J connectivity index is 0. The number of carboxylic acids is 2. The summed E-state index contributed by atoms with van der Waals surface area (Å²) >= 11 is 1.60. The van der Waals surface area contributed by atoms with E-state index >= 15 is 0 Å². The standard InChI is InChI=1S/C5H11NO2S.C3H6N2O3/c1-9-3-2-4(6)5(7)8;4-3(8)5-1-2(6)7/h4H,2-3,6H2,1H3,(H,7,8);1H2,(H,6,7)(H3,4,5,8). The Morgan fingerprint density at radius 1 is 1.35 bits per heavy atom. The van der Waals surface area contributed by atoms with Gasteiger partial charge in [-0.05, 0) is 18.4 Å². The van der Waals surface area contributed by atoms with Gasteiger partial charge < -0.3 is 27.0 Å². The summed E-state index contributed by atoms with van der Waals surface area (Å²) in [5.74, 6) is -1.21. The molecule has 0 heterocycles. The molecule has 0 bridgehead atoms. The topological polar surface area (TPSA) is 156 Å². The van der Waals surface area contributed by atoms with Gasteiger partial charge in [0.05, 0.1) is 0 Å². The van der Waals surface area contributed by atoms with Crippen LogP contribution >= 0.6 is 11.8 Å². The minimum Gasteiger partial charge on any atom is -0.480 e. The van der Waals surface area contributed by atoms with Crippen LogP contribution in [0.2, 0.25) is 0 Å². The minimum atomic E-state index is -1.11. The molecule has 7 N–H and O–H groups in total. The van der Waals surface area contributed by atoms with Gasteiger partial charge in [0.1, 0.15) is 12.6 Å². The highest BCUT2D eigenvalue weighted by atomic mass is 32.2. The van der Waals surface area contributed by atoms with Crippen molar-refractivity contribution in [1.82, 2.24) is 5.32 Å². The summed E-state index contributed by atoms with van der Waals surface area (Å²) in [5.41, 5.74) is 9.72. The summed E-state index contributed by atoms with van der Waals surface area (Å²) in [7, 11) is 0. The van der Waals surface area contributed by atoms with Crippen LogP contribution in [0.3, 0.4) is 0 Å². The summed E-state index contributed by atoms with van der Waals surface area (Å²) in [5, 5.41) is 18.1. The van der Waals surface area contributed by atoms with Crippen LogP contribution in [0.25, 0.3) is 0 Å². The predicted molar refractivity (Wildman–Crippen MR) is 63.8 cm³/mol. The largest absolute Gasteiger partial charge is 0.480 e. The van der Waals surface area contributed by atoms with E-state index in [1.807, 2.05) is 11.6 Å². The van der Waals surface area contributed by atoms with E-state index in [2.05, 4.69) is 5.73 Å². The molecule has 0 saturated heterocycles. The lowest BCUT2D eigenvalue weighted by molar-refractivity contribution is -0.138. The second-order valence-corrected chi connectivity index (χ2v) is 3.82. The molecule has 0 radical (unpaired) electrons. The summed E-state index contributed by atoms with van der Waals surface area (Å²) < 4.78 is 0. The molecule has 8 nitrogen and oxygen atoms in total. The molecule has 0 spiro atoms. The van der Waals surface area contributed by atoms with Crippen molar-refractivity contribution in [3.8, 4) is 0 Å². The van der Waals surface area contributed by atoms with Gasteiger partial charge in [-0.3, -0.25) is 9.59 Å². The van der Waals surface area contributed by atoms with E-state index in [4.69, 9.17) is 15.9 Å². The van der Waals surface area contributed by atoms with Gasteiger partial charge in [-0.1, -0.05) is 0 Å². The zero-order chi connectivity index (χ0) is 13.8. The van der Waals surface area contributed by atoms with Gasteiger partial charge in [0.15, 0.2) is 0 Å². The third kappa shape index (κ3) is 17.2. The molecule has 0 aromatic heterocycles. The number of carbonyl (C=O) groups excluding carboxylic acids is 1. The van der Waals surface area contributed by atoms with Gasteiger partial charge >= 0.3 is 18.0 Å². The van der Waals surface area contributed by atoms with Gasteiger partial charge in [0.2, 0.25) is 0 Å². The first-order chi connectivity index (χ1) is 7.81. The fourth-order valence-electron chi connectivity index (χ4n) is 0.531. The fraction of sp³-hybridized carbons (Fsp3) is 0.625. The Hall–Kier alpha value is -1.48. The second-order valence-electron chi connectivity index (χ2n) is 2.84. The number of carbonyl (C=O) groups is 3. The first-order valence-electron chi connectivity index (χ1n) is 4.53. The van der Waals surface area contributed by atoms with Crippen LogP contribution in [0.15, 0.2) is 0 Å². The van der Waals surface area contributed by atoms with E-state index in [0.29, 0.717) is 6.42 Å². The maximum atomic E-state index is 10.1. The van der Waals surface area contributed by atoms with E-state index in [9.17, 15) is 14.4 Å². The number of primary amides is 1. The second kappa shape index (κ2) is 11.0. The highest BCUT2D eigenvalue weighted by molar-refractivity contribution is 7.98. The smallest absolute Gasteiger partial charge is 0.323 e. The first kappa shape index (κ1) is 17.9. The Kier molecular flexibility index (Phi) is 11.6. The minimum absolute atomic E-state index is 0.421.